The molecule has 0 saturated carbocycles. The zero-order valence-corrected chi connectivity index (χ0v) is 15.0. The van der Waals surface area contributed by atoms with Gasteiger partial charge < -0.3 is 15.4 Å². The van der Waals surface area contributed by atoms with Crippen LogP contribution in [0.1, 0.15) is 27.8 Å². The van der Waals surface area contributed by atoms with Crippen molar-refractivity contribution in [3.05, 3.63) is 78.1 Å². The summed E-state index contributed by atoms with van der Waals surface area (Å²) in [6.45, 7) is 1.52. The fraction of sp³-hybridized carbons (Fsp3) is 0.0952. The number of hydrogen-bond donors (Lipinski definition) is 2. The van der Waals surface area contributed by atoms with Crippen LogP contribution in [0.5, 0.6) is 5.75 Å². The number of methoxy groups -OCH3 is 1. The molecule has 3 aromatic rings. The number of Topliss-reactive ketones (excluding diaryl/α,β-unsaturated/α-hetero) is 1. The first-order valence-electron chi connectivity index (χ1n) is 8.34. The highest BCUT2D eigenvalue weighted by Crippen LogP contribution is 2.20. The van der Waals surface area contributed by atoms with Crippen molar-refractivity contribution in [3.63, 3.8) is 0 Å². The average Bonchev–Trinajstić information content (AvgIpc) is 2.69. The SMILES string of the molecule is COc1ccc(NC(=O)c2cc(Nc3cccc(C(C)=O)c3)ccn2)cc1. The quantitative estimate of drug-likeness (QED) is 0.640. The molecular formula is C21H19N3O3. The molecule has 0 unspecified atom stereocenters. The molecule has 136 valence electrons. The van der Waals surface area contributed by atoms with Crippen LogP contribution in [0.15, 0.2) is 66.9 Å². The minimum Gasteiger partial charge on any atom is -0.497 e. The van der Waals surface area contributed by atoms with E-state index in [9.17, 15) is 9.59 Å². The van der Waals surface area contributed by atoms with Crippen molar-refractivity contribution in [1.29, 1.82) is 0 Å². The number of amides is 1. The molecule has 0 bridgehead atoms. The molecule has 1 heterocycles. The van der Waals surface area contributed by atoms with Crippen molar-refractivity contribution in [2.24, 2.45) is 0 Å². The Kier molecular flexibility index (Phi) is 5.47. The molecule has 3 rings (SSSR count). The number of benzene rings is 2. The summed E-state index contributed by atoms with van der Waals surface area (Å²) in [5, 5.41) is 5.98. The lowest BCUT2D eigenvalue weighted by atomic mass is 10.1. The lowest BCUT2D eigenvalue weighted by Gasteiger charge is -2.09. The second kappa shape index (κ2) is 8.14. The smallest absolute Gasteiger partial charge is 0.274 e. The predicted octanol–water partition coefficient (Wildman–Crippen LogP) is 4.29. The number of ketones is 1. The standard InChI is InChI=1S/C21H19N3O3/c1-14(25)15-4-3-5-17(12-15)23-18-10-11-22-20(13-18)21(26)24-16-6-8-19(27-2)9-7-16/h3-13H,1-2H3,(H,22,23)(H,24,26). The molecule has 0 radical (unpaired) electrons. The minimum atomic E-state index is -0.318. The van der Waals surface area contributed by atoms with Gasteiger partial charge in [-0.15, -0.1) is 0 Å². The lowest BCUT2D eigenvalue weighted by molar-refractivity contribution is 0.101. The first-order valence-corrected chi connectivity index (χ1v) is 8.34. The van der Waals surface area contributed by atoms with Gasteiger partial charge in [0.05, 0.1) is 7.11 Å². The number of rotatable bonds is 6. The van der Waals surface area contributed by atoms with Crippen LogP contribution in [0.3, 0.4) is 0 Å². The fourth-order valence-corrected chi connectivity index (χ4v) is 2.48. The number of anilines is 3. The summed E-state index contributed by atoms with van der Waals surface area (Å²) < 4.78 is 5.10. The van der Waals surface area contributed by atoms with Gasteiger partial charge in [0.25, 0.3) is 5.91 Å². The van der Waals surface area contributed by atoms with Crippen LogP contribution < -0.4 is 15.4 Å². The second-order valence-electron chi connectivity index (χ2n) is 5.87. The molecule has 6 heteroatoms. The number of carbonyl (C=O) groups excluding carboxylic acids is 2. The van der Waals surface area contributed by atoms with Crippen molar-refractivity contribution in [2.45, 2.75) is 6.92 Å². The van der Waals surface area contributed by atoms with E-state index in [2.05, 4.69) is 15.6 Å². The summed E-state index contributed by atoms with van der Waals surface area (Å²) in [4.78, 5) is 28.1. The van der Waals surface area contributed by atoms with Gasteiger partial charge in [-0.25, -0.2) is 0 Å². The highest BCUT2D eigenvalue weighted by Gasteiger charge is 2.09. The van der Waals surface area contributed by atoms with E-state index >= 15 is 0 Å². The highest BCUT2D eigenvalue weighted by molar-refractivity contribution is 6.03. The molecule has 2 N–H and O–H groups in total. The number of carbonyl (C=O) groups is 2. The van der Waals surface area contributed by atoms with Crippen LogP contribution in [0.2, 0.25) is 0 Å². The van der Waals surface area contributed by atoms with Crippen molar-refractivity contribution in [1.82, 2.24) is 4.98 Å². The van der Waals surface area contributed by atoms with Gasteiger partial charge in [-0.2, -0.15) is 0 Å². The van der Waals surface area contributed by atoms with E-state index in [1.807, 2.05) is 6.07 Å². The molecule has 1 amide bonds. The van der Waals surface area contributed by atoms with Gasteiger partial charge in [-0.1, -0.05) is 12.1 Å². The van der Waals surface area contributed by atoms with Crippen molar-refractivity contribution < 1.29 is 14.3 Å². The molecule has 0 saturated heterocycles. The molecule has 1 aromatic heterocycles. The number of nitrogens with one attached hydrogen (secondary N) is 2. The number of pyridine rings is 1. The van der Waals surface area contributed by atoms with E-state index in [4.69, 9.17) is 4.74 Å². The van der Waals surface area contributed by atoms with E-state index in [1.54, 1.807) is 67.9 Å². The number of aromatic nitrogens is 1. The minimum absolute atomic E-state index is 0.00654. The summed E-state index contributed by atoms with van der Waals surface area (Å²) in [7, 11) is 1.59. The molecule has 0 aliphatic rings. The van der Waals surface area contributed by atoms with Crippen LogP contribution in [-0.4, -0.2) is 23.8 Å². The molecule has 0 spiro atoms. The van der Waals surface area contributed by atoms with Gasteiger partial charge in [0.15, 0.2) is 5.78 Å². The van der Waals surface area contributed by atoms with E-state index in [-0.39, 0.29) is 17.4 Å². The fourth-order valence-electron chi connectivity index (χ4n) is 2.48. The lowest BCUT2D eigenvalue weighted by Crippen LogP contribution is -2.13. The Hall–Kier alpha value is -3.67. The van der Waals surface area contributed by atoms with Crippen LogP contribution in [0.4, 0.5) is 17.1 Å². The number of hydrogen-bond acceptors (Lipinski definition) is 5. The zero-order chi connectivity index (χ0) is 19.2. The molecule has 0 fully saturated rings. The second-order valence-corrected chi connectivity index (χ2v) is 5.87. The molecule has 0 aliphatic carbocycles. The predicted molar refractivity (Wildman–Crippen MR) is 105 cm³/mol. The van der Waals surface area contributed by atoms with Crippen LogP contribution in [0.25, 0.3) is 0 Å². The first kappa shape index (κ1) is 18.1. The van der Waals surface area contributed by atoms with Gasteiger partial charge in [0.2, 0.25) is 0 Å². The molecule has 27 heavy (non-hydrogen) atoms. The third-order valence-electron chi connectivity index (χ3n) is 3.90. The van der Waals surface area contributed by atoms with Gasteiger partial charge >= 0.3 is 0 Å². The summed E-state index contributed by atoms with van der Waals surface area (Å²) in [6.07, 6.45) is 1.56. The maximum absolute atomic E-state index is 12.4. The van der Waals surface area contributed by atoms with Crippen molar-refractivity contribution >= 4 is 28.8 Å². The third kappa shape index (κ3) is 4.70. The monoisotopic (exact) mass is 361 g/mol. The maximum atomic E-state index is 12.4. The molecule has 0 aliphatic heterocycles. The van der Waals surface area contributed by atoms with E-state index in [1.165, 1.54) is 6.92 Å². The Morgan fingerprint density at radius 2 is 1.67 bits per heavy atom. The molecule has 6 nitrogen and oxygen atoms in total. The topological polar surface area (TPSA) is 80.3 Å². The molecule has 0 atom stereocenters. The Labute approximate surface area is 157 Å². The molecular weight excluding hydrogens is 342 g/mol. The van der Waals surface area contributed by atoms with Crippen LogP contribution >= 0.6 is 0 Å². The summed E-state index contributed by atoms with van der Waals surface area (Å²) in [5.74, 6) is 0.388. The maximum Gasteiger partial charge on any atom is 0.274 e. The average molecular weight is 361 g/mol. The summed E-state index contributed by atoms with van der Waals surface area (Å²) in [5.41, 5.74) is 3.00. The van der Waals surface area contributed by atoms with Crippen LogP contribution in [-0.2, 0) is 0 Å². The Morgan fingerprint density at radius 3 is 2.37 bits per heavy atom. The van der Waals surface area contributed by atoms with Gasteiger partial charge in [0, 0.05) is 28.8 Å². The third-order valence-corrected chi connectivity index (χ3v) is 3.90. The Balaban J connectivity index is 1.73. The van der Waals surface area contributed by atoms with E-state index in [0.29, 0.717) is 22.7 Å². The highest BCUT2D eigenvalue weighted by atomic mass is 16.5. The van der Waals surface area contributed by atoms with Gasteiger partial charge in [-0.05, 0) is 55.5 Å². The van der Waals surface area contributed by atoms with Gasteiger partial charge in [-0.3, -0.25) is 14.6 Å². The van der Waals surface area contributed by atoms with Crippen molar-refractivity contribution in [2.75, 3.05) is 17.7 Å². The van der Waals surface area contributed by atoms with E-state index < -0.39 is 0 Å². The zero-order valence-electron chi connectivity index (χ0n) is 15.0. The Bertz CT molecular complexity index is 968. The summed E-state index contributed by atoms with van der Waals surface area (Å²) >= 11 is 0. The molecule has 2 aromatic carbocycles. The van der Waals surface area contributed by atoms with Crippen LogP contribution in [0, 0.1) is 0 Å². The summed E-state index contributed by atoms with van der Waals surface area (Å²) in [6, 6.07) is 17.6. The van der Waals surface area contributed by atoms with Gasteiger partial charge in [0.1, 0.15) is 11.4 Å². The number of nitrogens with zero attached hydrogens (tertiary/aromatic N) is 1. The largest absolute Gasteiger partial charge is 0.497 e. The van der Waals surface area contributed by atoms with Crippen molar-refractivity contribution in [3.8, 4) is 5.75 Å². The normalized spacial score (nSPS) is 10.1. The Morgan fingerprint density at radius 1 is 0.926 bits per heavy atom. The number of ether oxygens (including phenoxy) is 1. The van der Waals surface area contributed by atoms with E-state index in [0.717, 1.165) is 5.69 Å². The first-order chi connectivity index (χ1) is 13.0.